The number of aliphatic hydroxyl groups excluding tert-OH is 3. The first-order valence-electron chi connectivity index (χ1n) is 4.83. The molecule has 1 heterocycles. The zero-order valence-corrected chi connectivity index (χ0v) is 10.7. The molecule has 0 aliphatic rings. The van der Waals surface area contributed by atoms with E-state index in [1.807, 2.05) is 0 Å². The summed E-state index contributed by atoms with van der Waals surface area (Å²) in [5, 5.41) is 38.0. The maximum atomic E-state index is 10.8. The fourth-order valence-corrected chi connectivity index (χ4v) is 3.30. The van der Waals surface area contributed by atoms with Gasteiger partial charge < -0.3 is 15.3 Å². The Morgan fingerprint density at radius 1 is 1.59 bits per heavy atom. The van der Waals surface area contributed by atoms with Gasteiger partial charge in [0.1, 0.15) is 4.21 Å². The number of hydrogen-bond donors (Lipinski definition) is 3. The van der Waals surface area contributed by atoms with Gasteiger partial charge in [0.2, 0.25) is 0 Å². The van der Waals surface area contributed by atoms with Crippen LogP contribution in [0.3, 0.4) is 0 Å². The molecular formula is C9H13NO5S2. The van der Waals surface area contributed by atoms with Gasteiger partial charge in [-0.3, -0.25) is 10.1 Å². The highest BCUT2D eigenvalue weighted by Crippen LogP contribution is 2.39. The zero-order chi connectivity index (χ0) is 13.0. The van der Waals surface area contributed by atoms with Gasteiger partial charge >= 0.3 is 0 Å². The lowest BCUT2D eigenvalue weighted by Gasteiger charge is -2.04. The third-order valence-electron chi connectivity index (χ3n) is 1.92. The number of hydrogen-bond acceptors (Lipinski definition) is 7. The lowest BCUT2D eigenvalue weighted by molar-refractivity contribution is -0.387. The molecule has 6 nitrogen and oxygen atoms in total. The van der Waals surface area contributed by atoms with Crippen LogP contribution < -0.4 is 0 Å². The molecule has 0 fully saturated rings. The summed E-state index contributed by atoms with van der Waals surface area (Å²) in [6.45, 7) is 1.15. The molecule has 0 aliphatic heterocycles. The van der Waals surface area contributed by atoms with Crippen LogP contribution in [0.15, 0.2) is 10.3 Å². The highest BCUT2D eigenvalue weighted by molar-refractivity contribution is 8.01. The summed E-state index contributed by atoms with van der Waals surface area (Å²) in [4.78, 5) is 10.8. The van der Waals surface area contributed by atoms with Crippen LogP contribution in [0.1, 0.15) is 17.9 Å². The minimum Gasteiger partial charge on any atom is -0.394 e. The second-order valence-corrected chi connectivity index (χ2v) is 5.77. The van der Waals surface area contributed by atoms with E-state index in [9.17, 15) is 20.3 Å². The Labute approximate surface area is 106 Å². The van der Waals surface area contributed by atoms with Crippen LogP contribution in [0.5, 0.6) is 0 Å². The Morgan fingerprint density at radius 2 is 2.24 bits per heavy atom. The largest absolute Gasteiger partial charge is 0.394 e. The van der Waals surface area contributed by atoms with Gasteiger partial charge in [0.05, 0.1) is 23.7 Å². The van der Waals surface area contributed by atoms with Crippen LogP contribution in [0.4, 0.5) is 5.69 Å². The third-order valence-corrected chi connectivity index (χ3v) is 4.64. The van der Waals surface area contributed by atoms with Gasteiger partial charge in [-0.25, -0.2) is 0 Å². The number of thioether (sulfide) groups is 1. The summed E-state index contributed by atoms with van der Waals surface area (Å²) in [5.41, 5.74) is -0.0685. The highest BCUT2D eigenvalue weighted by Gasteiger charge is 2.21. The Kier molecular flexibility index (Phi) is 5.34. The van der Waals surface area contributed by atoms with Crippen LogP contribution in [-0.4, -0.2) is 38.7 Å². The van der Waals surface area contributed by atoms with Crippen molar-refractivity contribution in [3.8, 4) is 0 Å². The second kappa shape index (κ2) is 6.31. The Morgan fingerprint density at radius 3 is 2.71 bits per heavy atom. The van der Waals surface area contributed by atoms with E-state index in [0.717, 1.165) is 23.1 Å². The normalized spacial score (nSPS) is 14.6. The second-order valence-electron chi connectivity index (χ2n) is 3.40. The van der Waals surface area contributed by atoms with Gasteiger partial charge in [0.15, 0.2) is 0 Å². The quantitative estimate of drug-likeness (QED) is 0.410. The molecule has 17 heavy (non-hydrogen) atoms. The number of thiophene rings is 1. The first-order chi connectivity index (χ1) is 7.95. The van der Waals surface area contributed by atoms with Gasteiger partial charge in [-0.05, 0) is 6.92 Å². The summed E-state index contributed by atoms with van der Waals surface area (Å²) in [6.07, 6.45) is -1.66. The van der Waals surface area contributed by atoms with E-state index in [4.69, 9.17) is 5.11 Å². The predicted molar refractivity (Wildman–Crippen MR) is 65.4 cm³/mol. The third kappa shape index (κ3) is 3.93. The van der Waals surface area contributed by atoms with E-state index < -0.39 is 17.1 Å². The van der Waals surface area contributed by atoms with Gasteiger partial charge in [0.25, 0.3) is 5.69 Å². The molecule has 0 bridgehead atoms. The van der Waals surface area contributed by atoms with Crippen LogP contribution in [-0.2, 0) is 0 Å². The standard InChI is InChI=1S/C9H13NO5S2/c1-5(12)8-2-7(10(14)15)9(17-8)16-4-6(13)3-11/h2,5-6,11-13H,3-4H2,1H3. The van der Waals surface area contributed by atoms with E-state index >= 15 is 0 Å². The minimum atomic E-state index is -0.906. The number of nitro groups is 1. The fourth-order valence-electron chi connectivity index (χ4n) is 1.04. The summed E-state index contributed by atoms with van der Waals surface area (Å²) in [5.74, 6) is 0.178. The van der Waals surface area contributed by atoms with Crippen molar-refractivity contribution in [2.24, 2.45) is 0 Å². The molecule has 1 aromatic rings. The number of aliphatic hydroxyl groups is 3. The molecule has 2 atom stereocenters. The van der Waals surface area contributed by atoms with Crippen LogP contribution in [0.2, 0.25) is 0 Å². The molecule has 1 rings (SSSR count). The Bertz CT molecular complexity index is 393. The van der Waals surface area contributed by atoms with Crippen molar-refractivity contribution in [1.29, 1.82) is 0 Å². The van der Waals surface area contributed by atoms with Crippen molar-refractivity contribution >= 4 is 28.8 Å². The molecule has 8 heteroatoms. The minimum absolute atomic E-state index is 0.0685. The van der Waals surface area contributed by atoms with Gasteiger partial charge in [-0.15, -0.1) is 23.1 Å². The fraction of sp³-hybridized carbons (Fsp3) is 0.556. The zero-order valence-electron chi connectivity index (χ0n) is 9.07. The van der Waals surface area contributed by atoms with Crippen molar-refractivity contribution in [2.75, 3.05) is 12.4 Å². The van der Waals surface area contributed by atoms with E-state index in [0.29, 0.717) is 9.09 Å². The molecular weight excluding hydrogens is 266 g/mol. The lowest BCUT2D eigenvalue weighted by atomic mass is 10.3. The molecule has 96 valence electrons. The van der Waals surface area contributed by atoms with E-state index in [2.05, 4.69) is 0 Å². The summed E-state index contributed by atoms with van der Waals surface area (Å²) in [6, 6.07) is 1.34. The monoisotopic (exact) mass is 279 g/mol. The van der Waals surface area contributed by atoms with Crippen LogP contribution in [0, 0.1) is 10.1 Å². The molecule has 0 aromatic carbocycles. The van der Waals surface area contributed by atoms with E-state index in [1.54, 1.807) is 0 Å². The molecule has 0 aliphatic carbocycles. The summed E-state index contributed by atoms with van der Waals surface area (Å²) < 4.78 is 0.429. The summed E-state index contributed by atoms with van der Waals surface area (Å²) >= 11 is 2.23. The van der Waals surface area contributed by atoms with E-state index in [1.165, 1.54) is 13.0 Å². The van der Waals surface area contributed by atoms with Crippen molar-refractivity contribution in [3.05, 3.63) is 21.1 Å². The SMILES string of the molecule is CC(O)c1cc([N+](=O)[O-])c(SCC(O)CO)s1. The van der Waals surface area contributed by atoms with Gasteiger partial charge in [-0.1, -0.05) is 0 Å². The predicted octanol–water partition coefficient (Wildman–Crippen LogP) is 1.15. The molecule has 0 amide bonds. The first kappa shape index (κ1) is 14.4. The van der Waals surface area contributed by atoms with Crippen molar-refractivity contribution < 1.29 is 20.2 Å². The van der Waals surface area contributed by atoms with Crippen molar-refractivity contribution in [3.63, 3.8) is 0 Å². The van der Waals surface area contributed by atoms with Crippen molar-refractivity contribution in [2.45, 2.75) is 23.3 Å². The lowest BCUT2D eigenvalue weighted by Crippen LogP contribution is -2.14. The maximum Gasteiger partial charge on any atom is 0.294 e. The van der Waals surface area contributed by atoms with Crippen LogP contribution in [0.25, 0.3) is 0 Å². The molecule has 0 saturated carbocycles. The molecule has 1 aromatic heterocycles. The Hall–Kier alpha value is -0.670. The smallest absolute Gasteiger partial charge is 0.294 e. The molecule has 0 saturated heterocycles. The molecule has 0 spiro atoms. The average molecular weight is 279 g/mol. The average Bonchev–Trinajstić information content (AvgIpc) is 2.70. The van der Waals surface area contributed by atoms with Crippen LogP contribution >= 0.6 is 23.1 Å². The number of rotatable bonds is 6. The van der Waals surface area contributed by atoms with E-state index in [-0.39, 0.29) is 18.0 Å². The molecule has 0 radical (unpaired) electrons. The molecule has 2 unspecified atom stereocenters. The summed E-state index contributed by atoms with van der Waals surface area (Å²) in [7, 11) is 0. The molecule has 3 N–H and O–H groups in total. The van der Waals surface area contributed by atoms with Gasteiger partial charge in [0, 0.05) is 16.7 Å². The first-order valence-corrected chi connectivity index (χ1v) is 6.63. The van der Waals surface area contributed by atoms with Crippen molar-refractivity contribution in [1.82, 2.24) is 0 Å². The Balaban J connectivity index is 2.85. The highest BCUT2D eigenvalue weighted by atomic mass is 32.2. The number of nitrogens with zero attached hydrogens (tertiary/aromatic N) is 1. The maximum absolute atomic E-state index is 10.8. The van der Waals surface area contributed by atoms with Gasteiger partial charge in [-0.2, -0.15) is 0 Å². The topological polar surface area (TPSA) is 104 Å².